The summed E-state index contributed by atoms with van der Waals surface area (Å²) in [6, 6.07) is 10.2. The maximum Gasteiger partial charge on any atom is 0.224 e. The minimum atomic E-state index is -0.195. The quantitative estimate of drug-likeness (QED) is 0.841. The van der Waals surface area contributed by atoms with Gasteiger partial charge in [0.1, 0.15) is 0 Å². The van der Waals surface area contributed by atoms with Crippen LogP contribution in [0.4, 0.5) is 0 Å². The molecule has 142 valence electrons. The third-order valence-electron chi connectivity index (χ3n) is 5.24. The molecule has 2 unspecified atom stereocenters. The second kappa shape index (κ2) is 11.0. The topological polar surface area (TPSA) is 49.6 Å². The molecule has 0 aromatic heterocycles. The van der Waals surface area contributed by atoms with Gasteiger partial charge in [-0.15, -0.1) is 24.8 Å². The molecule has 2 N–H and O–H groups in total. The number of nitrogens with two attached hydrogens (primary N) is 1. The number of benzene rings is 1. The van der Waals surface area contributed by atoms with E-state index in [1.165, 1.54) is 32.4 Å². The van der Waals surface area contributed by atoms with Gasteiger partial charge in [-0.3, -0.25) is 4.79 Å². The van der Waals surface area contributed by atoms with E-state index in [4.69, 9.17) is 5.73 Å². The Hall–Kier alpha value is -0.810. The van der Waals surface area contributed by atoms with Crippen molar-refractivity contribution in [2.45, 2.75) is 50.6 Å². The largest absolute Gasteiger partial charge is 0.338 e. The Kier molecular flexibility index (Phi) is 9.80. The van der Waals surface area contributed by atoms with Crippen molar-refractivity contribution in [3.05, 3.63) is 35.9 Å². The maximum atomic E-state index is 12.7. The number of piperidine rings is 1. The zero-order valence-electron chi connectivity index (χ0n) is 14.8. The molecule has 0 saturated carbocycles. The lowest BCUT2D eigenvalue weighted by atomic mass is 10.0. The number of likely N-dealkylation sites (tertiary alicyclic amines) is 2. The van der Waals surface area contributed by atoms with Crippen LogP contribution in [0, 0.1) is 0 Å². The molecule has 25 heavy (non-hydrogen) atoms. The van der Waals surface area contributed by atoms with E-state index in [1.54, 1.807) is 0 Å². The molecule has 2 aliphatic rings. The molecule has 2 atom stereocenters. The van der Waals surface area contributed by atoms with Crippen LogP contribution in [0.25, 0.3) is 0 Å². The molecule has 0 bridgehead atoms. The van der Waals surface area contributed by atoms with Crippen molar-refractivity contribution in [3.63, 3.8) is 0 Å². The first kappa shape index (κ1) is 22.2. The van der Waals surface area contributed by atoms with E-state index >= 15 is 0 Å². The van der Waals surface area contributed by atoms with Crippen molar-refractivity contribution < 1.29 is 4.79 Å². The van der Waals surface area contributed by atoms with Crippen LogP contribution >= 0.6 is 24.8 Å². The summed E-state index contributed by atoms with van der Waals surface area (Å²) in [5.74, 6) is 0.223. The normalized spacial score (nSPS) is 22.0. The standard InChI is InChI=1S/C19H29N3O.2ClH/c20-18(16-8-3-1-4-9-16)14-19(23)22-13-7-10-17(22)15-21-11-5-2-6-12-21;;/h1,3-4,8-9,17-18H,2,5-7,10-15,20H2;2*1H. The molecule has 2 heterocycles. The molecular formula is C19H31Cl2N3O. The summed E-state index contributed by atoms with van der Waals surface area (Å²) in [4.78, 5) is 17.3. The molecule has 2 saturated heterocycles. The van der Waals surface area contributed by atoms with Gasteiger partial charge in [0.2, 0.25) is 5.91 Å². The first-order chi connectivity index (χ1) is 11.2. The second-order valence-corrected chi connectivity index (χ2v) is 6.97. The number of carbonyl (C=O) groups excluding carboxylic acids is 1. The highest BCUT2D eigenvalue weighted by Crippen LogP contribution is 2.23. The molecule has 1 aromatic rings. The van der Waals surface area contributed by atoms with Gasteiger partial charge >= 0.3 is 0 Å². The highest BCUT2D eigenvalue weighted by molar-refractivity contribution is 5.85. The van der Waals surface area contributed by atoms with Crippen molar-refractivity contribution in [1.82, 2.24) is 9.80 Å². The third-order valence-corrected chi connectivity index (χ3v) is 5.24. The summed E-state index contributed by atoms with van der Waals surface area (Å²) in [5, 5.41) is 0. The van der Waals surface area contributed by atoms with Crippen molar-refractivity contribution >= 4 is 30.7 Å². The van der Waals surface area contributed by atoms with Crippen LogP contribution in [-0.4, -0.2) is 47.9 Å². The Labute approximate surface area is 163 Å². The van der Waals surface area contributed by atoms with E-state index in [2.05, 4.69) is 9.80 Å². The van der Waals surface area contributed by atoms with Gasteiger partial charge in [0.15, 0.2) is 0 Å². The molecule has 2 aliphatic heterocycles. The van der Waals surface area contributed by atoms with Crippen LogP contribution in [0.3, 0.4) is 0 Å². The van der Waals surface area contributed by atoms with Crippen LogP contribution < -0.4 is 5.73 Å². The summed E-state index contributed by atoms with van der Waals surface area (Å²) in [6.45, 7) is 4.34. The van der Waals surface area contributed by atoms with Crippen LogP contribution in [0.15, 0.2) is 30.3 Å². The molecule has 1 aromatic carbocycles. The maximum absolute atomic E-state index is 12.7. The lowest BCUT2D eigenvalue weighted by Crippen LogP contribution is -2.45. The fourth-order valence-corrected chi connectivity index (χ4v) is 3.92. The average molecular weight is 388 g/mol. The number of halogens is 2. The Bertz CT molecular complexity index is 509. The summed E-state index contributed by atoms with van der Waals surface area (Å²) in [5.41, 5.74) is 7.28. The van der Waals surface area contributed by atoms with E-state index < -0.39 is 0 Å². The van der Waals surface area contributed by atoms with E-state index in [9.17, 15) is 4.79 Å². The number of nitrogens with zero attached hydrogens (tertiary/aromatic N) is 2. The zero-order chi connectivity index (χ0) is 16.1. The van der Waals surface area contributed by atoms with Gasteiger partial charge in [-0.1, -0.05) is 36.8 Å². The fourth-order valence-electron chi connectivity index (χ4n) is 3.92. The molecule has 0 spiro atoms. The Morgan fingerprint density at radius 3 is 2.40 bits per heavy atom. The predicted molar refractivity (Wildman–Crippen MR) is 108 cm³/mol. The first-order valence-electron chi connectivity index (χ1n) is 9.06. The smallest absolute Gasteiger partial charge is 0.224 e. The van der Waals surface area contributed by atoms with Crippen LogP contribution in [0.2, 0.25) is 0 Å². The van der Waals surface area contributed by atoms with Crippen molar-refractivity contribution in [1.29, 1.82) is 0 Å². The van der Waals surface area contributed by atoms with E-state index in [-0.39, 0.29) is 36.8 Å². The molecule has 2 fully saturated rings. The molecule has 3 rings (SSSR count). The second-order valence-electron chi connectivity index (χ2n) is 6.97. The SMILES string of the molecule is Cl.Cl.NC(CC(=O)N1CCCC1CN1CCCCC1)c1ccccc1. The number of carbonyl (C=O) groups is 1. The van der Waals surface area contributed by atoms with E-state index in [0.29, 0.717) is 12.5 Å². The summed E-state index contributed by atoms with van der Waals surface area (Å²) >= 11 is 0. The molecule has 0 aliphatic carbocycles. The van der Waals surface area contributed by atoms with Gasteiger partial charge in [-0.25, -0.2) is 0 Å². The number of hydrogen-bond acceptors (Lipinski definition) is 3. The van der Waals surface area contributed by atoms with E-state index in [0.717, 1.165) is 31.5 Å². The zero-order valence-corrected chi connectivity index (χ0v) is 16.4. The van der Waals surface area contributed by atoms with Crippen molar-refractivity contribution in [2.75, 3.05) is 26.2 Å². The Morgan fingerprint density at radius 2 is 1.72 bits per heavy atom. The Morgan fingerprint density at radius 1 is 1.04 bits per heavy atom. The molecular weight excluding hydrogens is 357 g/mol. The van der Waals surface area contributed by atoms with Crippen molar-refractivity contribution in [3.8, 4) is 0 Å². The van der Waals surface area contributed by atoms with Gasteiger partial charge in [0.05, 0.1) is 0 Å². The average Bonchev–Trinajstić information content (AvgIpc) is 3.05. The lowest BCUT2D eigenvalue weighted by molar-refractivity contribution is -0.132. The van der Waals surface area contributed by atoms with E-state index in [1.807, 2.05) is 30.3 Å². The summed E-state index contributed by atoms with van der Waals surface area (Å²) in [6.07, 6.45) is 6.66. The number of hydrogen-bond donors (Lipinski definition) is 1. The minimum absolute atomic E-state index is 0. The first-order valence-corrected chi connectivity index (χ1v) is 9.06. The summed E-state index contributed by atoms with van der Waals surface area (Å²) < 4.78 is 0. The van der Waals surface area contributed by atoms with Crippen LogP contribution in [0.5, 0.6) is 0 Å². The van der Waals surface area contributed by atoms with Crippen LogP contribution in [0.1, 0.15) is 50.1 Å². The molecule has 1 amide bonds. The third kappa shape index (κ3) is 6.14. The minimum Gasteiger partial charge on any atom is -0.338 e. The molecule has 6 heteroatoms. The van der Waals surface area contributed by atoms with Gasteiger partial charge in [-0.05, 0) is 44.3 Å². The predicted octanol–water partition coefficient (Wildman–Crippen LogP) is 3.40. The van der Waals surface area contributed by atoms with Gasteiger partial charge < -0.3 is 15.5 Å². The van der Waals surface area contributed by atoms with Crippen molar-refractivity contribution in [2.24, 2.45) is 5.73 Å². The van der Waals surface area contributed by atoms with Gasteiger partial charge in [0, 0.05) is 31.6 Å². The monoisotopic (exact) mass is 387 g/mol. The molecule has 4 nitrogen and oxygen atoms in total. The number of amides is 1. The Balaban J connectivity index is 0.00000156. The highest BCUT2D eigenvalue weighted by Gasteiger charge is 2.31. The lowest BCUT2D eigenvalue weighted by Gasteiger charge is -2.33. The number of rotatable bonds is 5. The summed E-state index contributed by atoms with van der Waals surface area (Å²) in [7, 11) is 0. The van der Waals surface area contributed by atoms with Gasteiger partial charge in [-0.2, -0.15) is 0 Å². The fraction of sp³-hybridized carbons (Fsp3) is 0.632. The van der Waals surface area contributed by atoms with Gasteiger partial charge in [0.25, 0.3) is 0 Å². The molecule has 0 radical (unpaired) electrons. The highest BCUT2D eigenvalue weighted by atomic mass is 35.5. The van der Waals surface area contributed by atoms with Crippen LogP contribution in [-0.2, 0) is 4.79 Å².